The van der Waals surface area contributed by atoms with Crippen molar-refractivity contribution >= 4 is 28.3 Å². The van der Waals surface area contributed by atoms with E-state index in [2.05, 4.69) is 10.0 Å². The number of nitrogens with two attached hydrogens (primary N) is 1. The zero-order chi connectivity index (χ0) is 15.5. The van der Waals surface area contributed by atoms with E-state index in [1.807, 2.05) is 0 Å². The second-order valence-electron chi connectivity index (χ2n) is 4.89. The maximum Gasteiger partial charge on any atom is 0.252 e. The van der Waals surface area contributed by atoms with E-state index in [4.69, 9.17) is 10.5 Å². The lowest BCUT2D eigenvalue weighted by Crippen LogP contribution is -2.45. The number of halogens is 1. The Morgan fingerprint density at radius 2 is 2.18 bits per heavy atom. The number of primary amides is 1. The van der Waals surface area contributed by atoms with E-state index in [0.29, 0.717) is 6.54 Å². The molecular formula is C13H20ClN3O4S. The van der Waals surface area contributed by atoms with Crippen molar-refractivity contribution in [2.24, 2.45) is 5.73 Å². The molecule has 1 aromatic carbocycles. The third-order valence-electron chi connectivity index (χ3n) is 3.37. The molecule has 1 aromatic rings. The predicted octanol–water partition coefficient (Wildman–Crippen LogP) is 0.246. The summed E-state index contributed by atoms with van der Waals surface area (Å²) in [6.45, 7) is 1.49. The number of ether oxygens (including phenoxy) is 1. The van der Waals surface area contributed by atoms with Crippen LogP contribution in [0.3, 0.4) is 0 Å². The summed E-state index contributed by atoms with van der Waals surface area (Å²) in [4.78, 5) is 11.4. The molecule has 9 heteroatoms. The summed E-state index contributed by atoms with van der Waals surface area (Å²) in [7, 11) is -2.30. The molecule has 1 atom stereocenters. The van der Waals surface area contributed by atoms with Gasteiger partial charge >= 0.3 is 0 Å². The lowest BCUT2D eigenvalue weighted by Gasteiger charge is -2.23. The number of amides is 1. The number of benzene rings is 1. The van der Waals surface area contributed by atoms with Crippen LogP contribution in [0.4, 0.5) is 0 Å². The first-order chi connectivity index (χ1) is 9.94. The van der Waals surface area contributed by atoms with Crippen molar-refractivity contribution in [2.75, 3.05) is 20.2 Å². The average Bonchev–Trinajstić information content (AvgIpc) is 2.47. The molecule has 4 N–H and O–H groups in total. The maximum absolute atomic E-state index is 12.3. The minimum Gasteiger partial charge on any atom is -0.496 e. The van der Waals surface area contributed by atoms with E-state index >= 15 is 0 Å². The molecule has 1 saturated heterocycles. The van der Waals surface area contributed by atoms with Crippen LogP contribution >= 0.6 is 12.4 Å². The Bertz CT molecular complexity index is 630. The molecule has 0 unspecified atom stereocenters. The van der Waals surface area contributed by atoms with Crippen molar-refractivity contribution in [3.63, 3.8) is 0 Å². The van der Waals surface area contributed by atoms with Crippen molar-refractivity contribution in [2.45, 2.75) is 23.8 Å². The topological polar surface area (TPSA) is 111 Å². The van der Waals surface area contributed by atoms with Crippen molar-refractivity contribution in [1.82, 2.24) is 10.0 Å². The van der Waals surface area contributed by atoms with Crippen LogP contribution in [0.25, 0.3) is 0 Å². The van der Waals surface area contributed by atoms with E-state index in [0.717, 1.165) is 19.4 Å². The number of methoxy groups -OCH3 is 1. The molecule has 124 valence electrons. The number of hydrogen-bond acceptors (Lipinski definition) is 5. The van der Waals surface area contributed by atoms with E-state index < -0.39 is 15.9 Å². The van der Waals surface area contributed by atoms with Crippen molar-refractivity contribution in [3.05, 3.63) is 23.8 Å². The fourth-order valence-corrected chi connectivity index (χ4v) is 3.58. The number of carbonyl (C=O) groups is 1. The Hall–Kier alpha value is -1.35. The predicted molar refractivity (Wildman–Crippen MR) is 85.0 cm³/mol. The van der Waals surface area contributed by atoms with Gasteiger partial charge in [0.1, 0.15) is 5.75 Å². The number of piperidine rings is 1. The van der Waals surface area contributed by atoms with Gasteiger partial charge in [-0.05, 0) is 37.6 Å². The zero-order valence-corrected chi connectivity index (χ0v) is 13.8. The van der Waals surface area contributed by atoms with Gasteiger partial charge < -0.3 is 15.8 Å². The standard InChI is InChI=1S/C13H19N3O4S.ClH/c1-20-12-5-4-10(7-11(12)13(14)17)21(18,19)16-9-3-2-6-15-8-9;/h4-5,7,9,15-16H,2-3,6,8H2,1H3,(H2,14,17);1H/t9-;/m0./s1. The Balaban J connectivity index is 0.00000242. The Kier molecular flexibility index (Phi) is 6.61. The van der Waals surface area contributed by atoms with E-state index in [1.165, 1.54) is 25.3 Å². The quantitative estimate of drug-likeness (QED) is 0.705. The van der Waals surface area contributed by atoms with Crippen LogP contribution in [-0.4, -0.2) is 40.6 Å². The minimum atomic E-state index is -3.69. The molecular weight excluding hydrogens is 330 g/mol. The van der Waals surface area contributed by atoms with Crippen LogP contribution in [0.1, 0.15) is 23.2 Å². The van der Waals surface area contributed by atoms with Crippen LogP contribution in [-0.2, 0) is 10.0 Å². The fraction of sp³-hybridized carbons (Fsp3) is 0.462. The van der Waals surface area contributed by atoms with Gasteiger partial charge in [-0.2, -0.15) is 0 Å². The molecule has 0 radical (unpaired) electrons. The molecule has 0 bridgehead atoms. The summed E-state index contributed by atoms with van der Waals surface area (Å²) in [5.74, 6) is -0.482. The second-order valence-corrected chi connectivity index (χ2v) is 6.60. The largest absolute Gasteiger partial charge is 0.496 e. The number of nitrogens with one attached hydrogen (secondary N) is 2. The SMILES string of the molecule is COc1ccc(S(=O)(=O)N[C@H]2CCCNC2)cc1C(N)=O.Cl. The average molecular weight is 350 g/mol. The molecule has 1 fully saturated rings. The maximum atomic E-state index is 12.3. The third kappa shape index (κ3) is 4.33. The molecule has 0 aliphatic carbocycles. The van der Waals surface area contributed by atoms with Gasteiger partial charge in [-0.25, -0.2) is 13.1 Å². The highest BCUT2D eigenvalue weighted by Crippen LogP contribution is 2.22. The zero-order valence-electron chi connectivity index (χ0n) is 12.2. The molecule has 0 aromatic heterocycles. The monoisotopic (exact) mass is 349 g/mol. The number of rotatable bonds is 5. The first-order valence-electron chi connectivity index (χ1n) is 6.65. The molecule has 0 spiro atoms. The molecule has 1 aliphatic heterocycles. The minimum absolute atomic E-state index is 0. The van der Waals surface area contributed by atoms with Crippen molar-refractivity contribution in [3.8, 4) is 5.75 Å². The molecule has 7 nitrogen and oxygen atoms in total. The van der Waals surface area contributed by atoms with Gasteiger partial charge in [-0.1, -0.05) is 0 Å². The first kappa shape index (κ1) is 18.7. The van der Waals surface area contributed by atoms with Crippen LogP contribution < -0.4 is 20.5 Å². The van der Waals surface area contributed by atoms with Gasteiger partial charge in [-0.15, -0.1) is 12.4 Å². The highest BCUT2D eigenvalue weighted by atomic mass is 35.5. The lowest BCUT2D eigenvalue weighted by molar-refractivity contribution is 0.0997. The van der Waals surface area contributed by atoms with E-state index in [9.17, 15) is 13.2 Å². The fourth-order valence-electron chi connectivity index (χ4n) is 2.29. The molecule has 22 heavy (non-hydrogen) atoms. The van der Waals surface area contributed by atoms with E-state index in [1.54, 1.807) is 0 Å². The highest BCUT2D eigenvalue weighted by molar-refractivity contribution is 7.89. The van der Waals surface area contributed by atoms with Gasteiger partial charge in [0.2, 0.25) is 10.0 Å². The van der Waals surface area contributed by atoms with Gasteiger partial charge in [0.05, 0.1) is 17.6 Å². The summed E-state index contributed by atoms with van der Waals surface area (Å²) in [5.41, 5.74) is 5.29. The van der Waals surface area contributed by atoms with Gasteiger partial charge in [0.25, 0.3) is 5.91 Å². The summed E-state index contributed by atoms with van der Waals surface area (Å²) >= 11 is 0. The Morgan fingerprint density at radius 1 is 1.45 bits per heavy atom. The smallest absolute Gasteiger partial charge is 0.252 e. The number of hydrogen-bond donors (Lipinski definition) is 3. The second kappa shape index (κ2) is 7.77. The van der Waals surface area contributed by atoms with Crippen LogP contribution in [0.15, 0.2) is 23.1 Å². The molecule has 1 heterocycles. The van der Waals surface area contributed by atoms with Gasteiger partial charge in [0, 0.05) is 12.6 Å². The summed E-state index contributed by atoms with van der Waals surface area (Å²) in [5, 5.41) is 3.14. The van der Waals surface area contributed by atoms with Gasteiger partial charge in [0.15, 0.2) is 0 Å². The lowest BCUT2D eigenvalue weighted by atomic mass is 10.1. The highest BCUT2D eigenvalue weighted by Gasteiger charge is 2.23. The van der Waals surface area contributed by atoms with Crippen molar-refractivity contribution < 1.29 is 17.9 Å². The van der Waals surface area contributed by atoms with Crippen LogP contribution in [0.2, 0.25) is 0 Å². The molecule has 1 aliphatic rings. The van der Waals surface area contributed by atoms with E-state index in [-0.39, 0.29) is 34.7 Å². The van der Waals surface area contributed by atoms with Crippen LogP contribution in [0.5, 0.6) is 5.75 Å². The number of sulfonamides is 1. The normalized spacial score (nSPS) is 18.3. The first-order valence-corrected chi connectivity index (χ1v) is 8.13. The summed E-state index contributed by atoms with van der Waals surface area (Å²) in [6.07, 6.45) is 1.70. The molecule has 0 saturated carbocycles. The summed E-state index contributed by atoms with van der Waals surface area (Å²) < 4.78 is 32.3. The molecule has 2 rings (SSSR count). The number of carbonyl (C=O) groups excluding carboxylic acids is 1. The van der Waals surface area contributed by atoms with Crippen LogP contribution in [0, 0.1) is 0 Å². The summed E-state index contributed by atoms with van der Waals surface area (Å²) in [6, 6.07) is 3.90. The van der Waals surface area contributed by atoms with Gasteiger partial charge in [-0.3, -0.25) is 4.79 Å². The Labute approximate surface area is 136 Å². The molecule has 1 amide bonds. The third-order valence-corrected chi connectivity index (χ3v) is 4.88. The van der Waals surface area contributed by atoms with Crippen molar-refractivity contribution in [1.29, 1.82) is 0 Å². The Morgan fingerprint density at radius 3 is 2.73 bits per heavy atom.